The number of aromatic nitrogens is 1. The molecule has 4 rings (SSSR count). The van der Waals surface area contributed by atoms with Crippen LogP contribution in [0.2, 0.25) is 0 Å². The summed E-state index contributed by atoms with van der Waals surface area (Å²) in [5.74, 6) is 1.13. The summed E-state index contributed by atoms with van der Waals surface area (Å²) in [6.07, 6.45) is 1.27. The first-order chi connectivity index (χ1) is 9.92. The minimum absolute atomic E-state index is 1.08. The molecule has 20 heavy (non-hydrogen) atoms. The van der Waals surface area contributed by atoms with E-state index < -0.39 is 0 Å². The zero-order valence-electron chi connectivity index (χ0n) is 11.3. The van der Waals surface area contributed by atoms with E-state index in [4.69, 9.17) is 4.98 Å². The van der Waals surface area contributed by atoms with E-state index in [0.29, 0.717) is 0 Å². The van der Waals surface area contributed by atoms with Crippen molar-refractivity contribution in [1.29, 1.82) is 0 Å². The van der Waals surface area contributed by atoms with Crippen molar-refractivity contribution in [3.8, 4) is 11.1 Å². The van der Waals surface area contributed by atoms with Crippen LogP contribution in [0.3, 0.4) is 0 Å². The number of nitrogens with zero attached hydrogens (tertiary/aromatic N) is 2. The zero-order chi connectivity index (χ0) is 13.4. The predicted octanol–water partition coefficient (Wildman–Crippen LogP) is 4.11. The van der Waals surface area contributed by atoms with Crippen molar-refractivity contribution in [1.82, 2.24) is 4.98 Å². The smallest absolute Gasteiger partial charge is 0.137 e. The summed E-state index contributed by atoms with van der Waals surface area (Å²) < 4.78 is 0. The van der Waals surface area contributed by atoms with Crippen LogP contribution in [0.5, 0.6) is 0 Å². The summed E-state index contributed by atoms with van der Waals surface area (Å²) in [7, 11) is 0. The fraction of sp³-hybridized carbons (Fsp3) is 0.167. The van der Waals surface area contributed by atoms with Crippen molar-refractivity contribution in [2.75, 3.05) is 18.0 Å². The fourth-order valence-corrected chi connectivity index (χ4v) is 2.71. The van der Waals surface area contributed by atoms with Gasteiger partial charge < -0.3 is 4.90 Å². The lowest BCUT2D eigenvalue weighted by Crippen LogP contribution is -2.38. The molecule has 98 valence electrons. The van der Waals surface area contributed by atoms with Crippen molar-refractivity contribution in [2.45, 2.75) is 6.42 Å². The second kappa shape index (κ2) is 4.64. The minimum atomic E-state index is 1.08. The quantitative estimate of drug-likeness (QED) is 0.689. The Bertz CT molecular complexity index is 746. The topological polar surface area (TPSA) is 16.1 Å². The van der Waals surface area contributed by atoms with Gasteiger partial charge in [-0.05, 0) is 24.1 Å². The largest absolute Gasteiger partial charge is 0.356 e. The maximum atomic E-state index is 4.90. The summed E-state index contributed by atoms with van der Waals surface area (Å²) in [5, 5.41) is 1.20. The van der Waals surface area contributed by atoms with Crippen LogP contribution in [0.15, 0.2) is 60.7 Å². The molecule has 1 aliphatic heterocycles. The third-order valence-corrected chi connectivity index (χ3v) is 3.94. The number of rotatable bonds is 2. The summed E-state index contributed by atoms with van der Waals surface area (Å²) in [5.41, 5.74) is 3.56. The molecule has 2 aromatic carbocycles. The summed E-state index contributed by atoms with van der Waals surface area (Å²) in [4.78, 5) is 7.27. The Labute approximate surface area is 118 Å². The van der Waals surface area contributed by atoms with Gasteiger partial charge in [0.25, 0.3) is 0 Å². The molecule has 3 aromatic rings. The Hall–Kier alpha value is -2.35. The molecule has 2 nitrogen and oxygen atoms in total. The number of hydrogen-bond donors (Lipinski definition) is 0. The molecule has 0 radical (unpaired) electrons. The first kappa shape index (κ1) is 11.5. The Balaban J connectivity index is 1.96. The van der Waals surface area contributed by atoms with Crippen LogP contribution in [0.1, 0.15) is 6.42 Å². The molecule has 2 heterocycles. The van der Waals surface area contributed by atoms with Crippen molar-refractivity contribution in [2.24, 2.45) is 0 Å². The molecular weight excluding hydrogens is 244 g/mol. The van der Waals surface area contributed by atoms with Crippen molar-refractivity contribution >= 4 is 16.7 Å². The Morgan fingerprint density at radius 1 is 0.850 bits per heavy atom. The molecule has 0 amide bonds. The molecule has 0 saturated carbocycles. The van der Waals surface area contributed by atoms with Crippen LogP contribution < -0.4 is 4.90 Å². The lowest BCUT2D eigenvalue weighted by Gasteiger charge is -2.33. The third kappa shape index (κ3) is 1.85. The van der Waals surface area contributed by atoms with Crippen LogP contribution in [0.25, 0.3) is 22.0 Å². The van der Waals surface area contributed by atoms with Gasteiger partial charge in [-0.15, -0.1) is 0 Å². The van der Waals surface area contributed by atoms with Gasteiger partial charge in [-0.25, -0.2) is 4.98 Å². The van der Waals surface area contributed by atoms with E-state index in [0.717, 1.165) is 24.4 Å². The van der Waals surface area contributed by atoms with E-state index in [2.05, 4.69) is 65.6 Å². The lowest BCUT2D eigenvalue weighted by molar-refractivity contribution is 0.611. The number of para-hydroxylation sites is 1. The summed E-state index contributed by atoms with van der Waals surface area (Å²) >= 11 is 0. The van der Waals surface area contributed by atoms with E-state index in [1.807, 2.05) is 0 Å². The molecule has 1 saturated heterocycles. The fourth-order valence-electron chi connectivity index (χ4n) is 2.71. The van der Waals surface area contributed by atoms with Gasteiger partial charge in [-0.1, -0.05) is 48.5 Å². The van der Waals surface area contributed by atoms with Crippen LogP contribution in [0.4, 0.5) is 5.82 Å². The maximum absolute atomic E-state index is 4.90. The first-order valence-corrected chi connectivity index (χ1v) is 7.12. The standard InChI is InChI=1S/C18H16N2/c1-2-7-14(8-3-1)16-13-15-9-4-5-10-17(15)19-18(16)20-11-6-12-20/h1-5,7-10,13H,6,11-12H2. The molecule has 1 aromatic heterocycles. The van der Waals surface area contributed by atoms with E-state index in [9.17, 15) is 0 Å². The maximum Gasteiger partial charge on any atom is 0.137 e. The van der Waals surface area contributed by atoms with E-state index in [1.54, 1.807) is 0 Å². The van der Waals surface area contributed by atoms with Gasteiger partial charge in [0, 0.05) is 24.0 Å². The van der Waals surface area contributed by atoms with Crippen LogP contribution in [-0.4, -0.2) is 18.1 Å². The van der Waals surface area contributed by atoms with Gasteiger partial charge in [0.2, 0.25) is 0 Å². The third-order valence-electron chi connectivity index (χ3n) is 3.94. The molecule has 0 atom stereocenters. The van der Waals surface area contributed by atoms with Gasteiger partial charge in [-0.2, -0.15) is 0 Å². The highest BCUT2D eigenvalue weighted by Crippen LogP contribution is 2.34. The Kier molecular flexibility index (Phi) is 2.66. The van der Waals surface area contributed by atoms with Gasteiger partial charge in [-0.3, -0.25) is 0 Å². The average molecular weight is 260 g/mol. The van der Waals surface area contributed by atoms with E-state index in [-0.39, 0.29) is 0 Å². The van der Waals surface area contributed by atoms with Crippen molar-refractivity contribution in [3.63, 3.8) is 0 Å². The summed E-state index contributed by atoms with van der Waals surface area (Å²) in [6.45, 7) is 2.23. The highest BCUT2D eigenvalue weighted by atomic mass is 15.2. The monoisotopic (exact) mass is 260 g/mol. The van der Waals surface area contributed by atoms with Gasteiger partial charge >= 0.3 is 0 Å². The van der Waals surface area contributed by atoms with Gasteiger partial charge in [0.15, 0.2) is 0 Å². The molecule has 0 aliphatic carbocycles. The highest BCUT2D eigenvalue weighted by Gasteiger charge is 2.20. The number of benzene rings is 2. The molecule has 1 aliphatic rings. The zero-order valence-corrected chi connectivity index (χ0v) is 11.3. The van der Waals surface area contributed by atoms with Crippen LogP contribution in [-0.2, 0) is 0 Å². The van der Waals surface area contributed by atoms with Crippen LogP contribution in [0, 0.1) is 0 Å². The minimum Gasteiger partial charge on any atom is -0.356 e. The molecule has 1 fully saturated rings. The Morgan fingerprint density at radius 2 is 1.60 bits per heavy atom. The lowest BCUT2D eigenvalue weighted by atomic mass is 10.0. The SMILES string of the molecule is c1ccc(-c2cc3ccccc3nc2N2CCC2)cc1. The molecule has 0 spiro atoms. The Morgan fingerprint density at radius 3 is 2.35 bits per heavy atom. The molecule has 0 unspecified atom stereocenters. The normalized spacial score (nSPS) is 14.3. The van der Waals surface area contributed by atoms with Crippen molar-refractivity contribution < 1.29 is 0 Å². The van der Waals surface area contributed by atoms with Crippen LogP contribution >= 0.6 is 0 Å². The van der Waals surface area contributed by atoms with Crippen molar-refractivity contribution in [3.05, 3.63) is 60.7 Å². The number of anilines is 1. The summed E-state index contributed by atoms with van der Waals surface area (Å²) in [6, 6.07) is 21.2. The molecule has 0 bridgehead atoms. The molecular formula is C18H16N2. The second-order valence-electron chi connectivity index (χ2n) is 5.26. The van der Waals surface area contributed by atoms with Gasteiger partial charge in [0.05, 0.1) is 5.52 Å². The number of pyridine rings is 1. The first-order valence-electron chi connectivity index (χ1n) is 7.12. The predicted molar refractivity (Wildman–Crippen MR) is 84.0 cm³/mol. The highest BCUT2D eigenvalue weighted by molar-refractivity contribution is 5.89. The van der Waals surface area contributed by atoms with Gasteiger partial charge in [0.1, 0.15) is 5.82 Å². The molecule has 0 N–H and O–H groups in total. The number of hydrogen-bond acceptors (Lipinski definition) is 2. The van der Waals surface area contributed by atoms with E-state index >= 15 is 0 Å². The number of fused-ring (bicyclic) bond motifs is 1. The molecule has 2 heteroatoms. The van der Waals surface area contributed by atoms with E-state index in [1.165, 1.54) is 22.9 Å². The second-order valence-corrected chi connectivity index (χ2v) is 5.26. The average Bonchev–Trinajstić information content (AvgIpc) is 2.46.